The second-order valence-corrected chi connectivity index (χ2v) is 17.0. The average Bonchev–Trinajstić information content (AvgIpc) is 3.97. The zero-order valence-electron chi connectivity index (χ0n) is 34.6. The minimum absolute atomic E-state index is 0.415. The fourth-order valence-electron chi connectivity index (χ4n) is 11.2. The number of para-hydroxylation sites is 2. The molecule has 0 amide bonds. The maximum absolute atomic E-state index is 4.44. The molecule has 0 aliphatic heterocycles. The van der Waals surface area contributed by atoms with E-state index in [0.717, 1.165) is 18.5 Å². The lowest BCUT2D eigenvalue weighted by atomic mass is 9.70. The molecule has 63 heavy (non-hydrogen) atoms. The lowest BCUT2D eigenvalue weighted by Crippen LogP contribution is -2.26. The summed E-state index contributed by atoms with van der Waals surface area (Å²) in [5.74, 6) is 0. The van der Waals surface area contributed by atoms with Crippen molar-refractivity contribution in [2.24, 2.45) is 0 Å². The van der Waals surface area contributed by atoms with E-state index in [1.165, 1.54) is 106 Å². The van der Waals surface area contributed by atoms with E-state index >= 15 is 0 Å². The van der Waals surface area contributed by atoms with Crippen LogP contribution in [-0.4, -0.2) is 9.55 Å². The first-order valence-corrected chi connectivity index (χ1v) is 22.0. The van der Waals surface area contributed by atoms with Crippen LogP contribution >= 0.6 is 0 Å². The van der Waals surface area contributed by atoms with E-state index in [1.54, 1.807) is 0 Å². The van der Waals surface area contributed by atoms with Gasteiger partial charge in [0.1, 0.15) is 0 Å². The van der Waals surface area contributed by atoms with Gasteiger partial charge in [-0.2, -0.15) is 0 Å². The first kappa shape index (κ1) is 35.7. The third-order valence-corrected chi connectivity index (χ3v) is 13.8. The number of aromatic nitrogens is 2. The predicted molar refractivity (Wildman–Crippen MR) is 261 cm³/mol. The highest BCUT2D eigenvalue weighted by Gasteiger charge is 2.52. The second kappa shape index (κ2) is 14.0. The van der Waals surface area contributed by atoms with Crippen molar-refractivity contribution >= 4 is 38.8 Å². The van der Waals surface area contributed by atoms with Crippen LogP contribution in [0.2, 0.25) is 0 Å². The van der Waals surface area contributed by atoms with Gasteiger partial charge in [0.25, 0.3) is 0 Å². The van der Waals surface area contributed by atoms with Crippen LogP contribution in [-0.2, 0) is 5.41 Å². The Labute approximate surface area is 367 Å². The molecular formula is C60H41N3. The van der Waals surface area contributed by atoms with Crippen molar-refractivity contribution in [1.29, 1.82) is 0 Å². The topological polar surface area (TPSA) is 21.1 Å². The molecule has 0 radical (unpaired) electrons. The van der Waals surface area contributed by atoms with Crippen LogP contribution in [0.15, 0.2) is 230 Å². The minimum atomic E-state index is -0.415. The molecule has 0 saturated carbocycles. The first-order chi connectivity index (χ1) is 31.3. The van der Waals surface area contributed by atoms with Gasteiger partial charge in [-0.15, -0.1) is 0 Å². The van der Waals surface area contributed by atoms with Crippen molar-refractivity contribution < 1.29 is 0 Å². The average molecular weight is 804 g/mol. The summed E-state index contributed by atoms with van der Waals surface area (Å²) >= 11 is 0. The quantitative estimate of drug-likeness (QED) is 0.167. The Morgan fingerprint density at radius 3 is 1.84 bits per heavy atom. The number of fused-ring (bicyclic) bond motifs is 13. The molecule has 0 atom stereocenters. The summed E-state index contributed by atoms with van der Waals surface area (Å²) in [6.45, 7) is 0. The molecule has 2 aromatic heterocycles. The maximum atomic E-state index is 4.44. The Hall–Kier alpha value is -8.01. The zero-order valence-corrected chi connectivity index (χ0v) is 34.6. The molecule has 8 aromatic carbocycles. The zero-order chi connectivity index (χ0) is 41.5. The SMILES string of the molecule is C1=C(c2cccnc2)CCC(N(c2ccc(-c3ccc4c(c3)c3ccccc3n4-c3ccccc3)cc2)c2cccc3c2-c2ccccc2C32c3ccccc3-c3ccccc32)=C1. The minimum Gasteiger partial charge on any atom is -0.314 e. The van der Waals surface area contributed by atoms with Crippen molar-refractivity contribution in [2.45, 2.75) is 18.3 Å². The van der Waals surface area contributed by atoms with E-state index in [0.29, 0.717) is 0 Å². The molecule has 3 heteroatoms. The molecule has 3 aliphatic rings. The Bertz CT molecular complexity index is 3450. The number of benzene rings is 8. The maximum Gasteiger partial charge on any atom is 0.0726 e. The van der Waals surface area contributed by atoms with Gasteiger partial charge in [-0.05, 0) is 135 Å². The number of hydrogen-bond donors (Lipinski definition) is 0. The Kier molecular flexibility index (Phi) is 7.95. The van der Waals surface area contributed by atoms with Crippen LogP contribution < -0.4 is 4.90 Å². The van der Waals surface area contributed by atoms with Gasteiger partial charge in [-0.3, -0.25) is 4.98 Å². The summed E-state index contributed by atoms with van der Waals surface area (Å²) in [5, 5.41) is 2.51. The van der Waals surface area contributed by atoms with E-state index in [1.807, 2.05) is 18.5 Å². The number of anilines is 2. The molecular weight excluding hydrogens is 763 g/mol. The van der Waals surface area contributed by atoms with Crippen molar-refractivity contribution in [2.75, 3.05) is 4.90 Å². The van der Waals surface area contributed by atoms with Crippen molar-refractivity contribution in [3.63, 3.8) is 0 Å². The molecule has 13 rings (SSSR count). The molecule has 10 aromatic rings. The summed E-state index contributed by atoms with van der Waals surface area (Å²) in [6.07, 6.45) is 10.3. The summed E-state index contributed by atoms with van der Waals surface area (Å²) in [7, 11) is 0. The van der Waals surface area contributed by atoms with Crippen LogP contribution in [0.3, 0.4) is 0 Å². The van der Waals surface area contributed by atoms with E-state index in [9.17, 15) is 0 Å². The van der Waals surface area contributed by atoms with E-state index < -0.39 is 5.41 Å². The first-order valence-electron chi connectivity index (χ1n) is 22.0. The lowest BCUT2D eigenvalue weighted by molar-refractivity contribution is 0.793. The molecule has 3 aliphatic carbocycles. The summed E-state index contributed by atoms with van der Waals surface area (Å²) in [5.41, 5.74) is 22.3. The molecule has 0 bridgehead atoms. The molecule has 296 valence electrons. The number of pyridine rings is 1. The summed E-state index contributed by atoms with van der Waals surface area (Å²) in [4.78, 5) is 6.98. The smallest absolute Gasteiger partial charge is 0.0726 e. The number of hydrogen-bond acceptors (Lipinski definition) is 2. The van der Waals surface area contributed by atoms with Crippen LogP contribution in [0.25, 0.3) is 66.4 Å². The fourth-order valence-corrected chi connectivity index (χ4v) is 11.2. The number of allylic oxidation sites excluding steroid dienone is 4. The van der Waals surface area contributed by atoms with Gasteiger partial charge >= 0.3 is 0 Å². The van der Waals surface area contributed by atoms with E-state index in [4.69, 9.17) is 0 Å². The molecule has 3 nitrogen and oxygen atoms in total. The Morgan fingerprint density at radius 1 is 0.460 bits per heavy atom. The lowest BCUT2D eigenvalue weighted by Gasteiger charge is -2.33. The molecule has 0 saturated heterocycles. The van der Waals surface area contributed by atoms with Gasteiger partial charge in [-0.1, -0.05) is 152 Å². The predicted octanol–water partition coefficient (Wildman–Crippen LogP) is 15.1. The van der Waals surface area contributed by atoms with Crippen molar-refractivity contribution in [1.82, 2.24) is 9.55 Å². The van der Waals surface area contributed by atoms with Crippen LogP contribution in [0.1, 0.15) is 40.7 Å². The van der Waals surface area contributed by atoms with Gasteiger partial charge in [0.2, 0.25) is 0 Å². The number of nitrogens with zero attached hydrogens (tertiary/aromatic N) is 3. The molecule has 1 spiro atoms. The third kappa shape index (κ3) is 5.23. The van der Waals surface area contributed by atoms with Gasteiger partial charge in [0.05, 0.1) is 22.1 Å². The molecule has 0 unspecified atom stereocenters. The highest BCUT2D eigenvalue weighted by Crippen LogP contribution is 2.64. The second-order valence-electron chi connectivity index (χ2n) is 17.0. The van der Waals surface area contributed by atoms with Crippen LogP contribution in [0.5, 0.6) is 0 Å². The Balaban J connectivity index is 0.985. The standard InChI is InChI=1S/C60H41N3/c1-2-15-44(16-3-1)63-56-25-11-7-19-49(56)51-38-42(31-36-57(51)63)40-27-32-45(33-28-40)62(46-34-29-41(30-35-46)43-14-13-37-61-39-43)58-26-12-24-55-59(58)50-20-6-10-23-54(50)60(55)52-21-8-4-17-47(52)48-18-5-9-22-53(48)60/h1-29,31-34,36-39H,30,35H2. The molecule has 0 fully saturated rings. The highest BCUT2D eigenvalue weighted by atomic mass is 15.2. The number of rotatable bonds is 6. The van der Waals surface area contributed by atoms with Gasteiger partial charge in [-0.25, -0.2) is 0 Å². The summed E-state index contributed by atoms with van der Waals surface area (Å²) in [6, 6.07) is 74.1. The fraction of sp³-hybridized carbons (Fsp3) is 0.0500. The summed E-state index contributed by atoms with van der Waals surface area (Å²) < 4.78 is 2.38. The third-order valence-electron chi connectivity index (χ3n) is 13.8. The Morgan fingerprint density at radius 2 is 1.11 bits per heavy atom. The molecule has 2 heterocycles. The van der Waals surface area contributed by atoms with E-state index in [-0.39, 0.29) is 0 Å². The van der Waals surface area contributed by atoms with Crippen LogP contribution in [0, 0.1) is 0 Å². The van der Waals surface area contributed by atoms with Gasteiger partial charge in [0, 0.05) is 45.8 Å². The van der Waals surface area contributed by atoms with Gasteiger partial charge in [0.15, 0.2) is 0 Å². The molecule has 0 N–H and O–H groups in total. The normalized spacial score (nSPS) is 14.2. The highest BCUT2D eigenvalue weighted by molar-refractivity contribution is 6.10. The van der Waals surface area contributed by atoms with Crippen LogP contribution in [0.4, 0.5) is 11.4 Å². The van der Waals surface area contributed by atoms with E-state index in [2.05, 4.69) is 221 Å². The van der Waals surface area contributed by atoms with Crippen molar-refractivity contribution in [3.8, 4) is 39.1 Å². The largest absolute Gasteiger partial charge is 0.314 e. The van der Waals surface area contributed by atoms with Gasteiger partial charge < -0.3 is 9.47 Å². The van der Waals surface area contributed by atoms with Crippen molar-refractivity contribution in [3.05, 3.63) is 258 Å². The monoisotopic (exact) mass is 803 g/mol.